The van der Waals surface area contributed by atoms with E-state index in [4.69, 9.17) is 0 Å². The number of hydrogen-bond acceptors (Lipinski definition) is 3. The molecule has 1 aliphatic rings. The number of likely N-dealkylation sites (N-methyl/N-ethyl adjacent to an activating group) is 1. The summed E-state index contributed by atoms with van der Waals surface area (Å²) in [6.07, 6.45) is 2.39. The molecule has 1 saturated heterocycles. The Bertz CT molecular complexity index is 463. The molecule has 1 fully saturated rings. The van der Waals surface area contributed by atoms with Crippen LogP contribution in [0.1, 0.15) is 32.3 Å². The molecule has 116 valence electrons. The molecule has 0 aromatic heterocycles. The first-order chi connectivity index (χ1) is 10.1. The fourth-order valence-corrected chi connectivity index (χ4v) is 3.31. The van der Waals surface area contributed by atoms with E-state index in [1.807, 2.05) is 37.3 Å². The smallest absolute Gasteiger partial charge is 0.329 e. The summed E-state index contributed by atoms with van der Waals surface area (Å²) in [6, 6.07) is 9.55. The number of carboxylic acid groups (broad SMARTS) is 1. The lowest BCUT2D eigenvalue weighted by atomic mass is 9.87. The maximum absolute atomic E-state index is 12.1. The summed E-state index contributed by atoms with van der Waals surface area (Å²) in [5, 5.41) is 13.1. The molecule has 2 N–H and O–H groups in total. The van der Waals surface area contributed by atoms with Crippen molar-refractivity contribution < 1.29 is 9.90 Å². The molecule has 2 rings (SSSR count). The molecule has 2 unspecified atom stereocenters. The second kappa shape index (κ2) is 7.05. The van der Waals surface area contributed by atoms with Crippen LogP contribution in [0.4, 0.5) is 0 Å². The summed E-state index contributed by atoms with van der Waals surface area (Å²) >= 11 is 0. The first kappa shape index (κ1) is 16.0. The van der Waals surface area contributed by atoms with Gasteiger partial charge >= 0.3 is 5.97 Å². The Morgan fingerprint density at radius 3 is 2.71 bits per heavy atom. The molecule has 4 heteroatoms. The summed E-state index contributed by atoms with van der Waals surface area (Å²) in [6.45, 7) is 7.31. The van der Waals surface area contributed by atoms with Gasteiger partial charge in [-0.15, -0.1) is 0 Å². The standard InChI is InChI=1S/C17H26N2O2/c1-3-18-17(16(20)21,15-9-5-4-6-10-15)13-19-11-7-8-14(2)12-19/h4-6,9-10,14,18H,3,7-8,11-13H2,1-2H3,(H,20,21). The van der Waals surface area contributed by atoms with E-state index in [1.165, 1.54) is 6.42 Å². The fourth-order valence-electron chi connectivity index (χ4n) is 3.31. The molecule has 1 aromatic rings. The SMILES string of the molecule is CCNC(CN1CCCC(C)C1)(C(=O)O)c1ccccc1. The van der Waals surface area contributed by atoms with E-state index < -0.39 is 11.5 Å². The highest BCUT2D eigenvalue weighted by molar-refractivity contribution is 5.81. The van der Waals surface area contributed by atoms with Crippen molar-refractivity contribution in [3.8, 4) is 0 Å². The molecule has 1 aliphatic heterocycles. The Hall–Kier alpha value is -1.39. The zero-order chi connectivity index (χ0) is 15.3. The van der Waals surface area contributed by atoms with Gasteiger partial charge in [0.15, 0.2) is 5.54 Å². The summed E-state index contributed by atoms with van der Waals surface area (Å²) < 4.78 is 0. The lowest BCUT2D eigenvalue weighted by Crippen LogP contribution is -2.57. The van der Waals surface area contributed by atoms with Crippen LogP contribution >= 0.6 is 0 Å². The number of likely N-dealkylation sites (tertiary alicyclic amines) is 1. The number of nitrogens with one attached hydrogen (secondary N) is 1. The molecule has 0 radical (unpaired) electrons. The van der Waals surface area contributed by atoms with Crippen LogP contribution < -0.4 is 5.32 Å². The van der Waals surface area contributed by atoms with Crippen molar-refractivity contribution in [2.45, 2.75) is 32.2 Å². The number of rotatable bonds is 6. The minimum Gasteiger partial charge on any atom is -0.480 e. The van der Waals surface area contributed by atoms with Gasteiger partial charge in [0.25, 0.3) is 0 Å². The van der Waals surface area contributed by atoms with Crippen molar-refractivity contribution in [3.63, 3.8) is 0 Å². The minimum absolute atomic E-state index is 0.518. The number of piperidine rings is 1. The number of aliphatic carboxylic acids is 1. The molecule has 0 aliphatic carbocycles. The second-order valence-corrected chi connectivity index (χ2v) is 6.09. The van der Waals surface area contributed by atoms with Crippen LogP contribution in [-0.2, 0) is 10.3 Å². The average molecular weight is 290 g/mol. The van der Waals surface area contributed by atoms with Gasteiger partial charge in [0, 0.05) is 13.1 Å². The lowest BCUT2D eigenvalue weighted by molar-refractivity contribution is -0.146. The van der Waals surface area contributed by atoms with Crippen LogP contribution in [0.25, 0.3) is 0 Å². The Morgan fingerprint density at radius 1 is 1.43 bits per heavy atom. The first-order valence-corrected chi connectivity index (χ1v) is 7.85. The third kappa shape index (κ3) is 3.63. The Balaban J connectivity index is 2.28. The predicted molar refractivity (Wildman–Crippen MR) is 84.3 cm³/mol. The zero-order valence-corrected chi connectivity index (χ0v) is 13.0. The average Bonchev–Trinajstić information content (AvgIpc) is 2.47. The van der Waals surface area contributed by atoms with E-state index in [0.717, 1.165) is 25.1 Å². The largest absolute Gasteiger partial charge is 0.480 e. The highest BCUT2D eigenvalue weighted by Crippen LogP contribution is 2.26. The molecule has 0 saturated carbocycles. The third-order valence-corrected chi connectivity index (χ3v) is 4.31. The van der Waals surface area contributed by atoms with E-state index >= 15 is 0 Å². The summed E-state index contributed by atoms with van der Waals surface area (Å²) in [4.78, 5) is 14.4. The Labute approximate surface area is 127 Å². The van der Waals surface area contributed by atoms with Gasteiger partial charge in [0.2, 0.25) is 0 Å². The van der Waals surface area contributed by atoms with Gasteiger partial charge in [-0.2, -0.15) is 0 Å². The quantitative estimate of drug-likeness (QED) is 0.844. The van der Waals surface area contributed by atoms with Gasteiger partial charge < -0.3 is 10.0 Å². The van der Waals surface area contributed by atoms with Crippen molar-refractivity contribution in [1.29, 1.82) is 0 Å². The molecule has 1 aromatic carbocycles. The maximum Gasteiger partial charge on any atom is 0.329 e. The molecule has 0 spiro atoms. The molecule has 1 heterocycles. The Morgan fingerprint density at radius 2 is 2.14 bits per heavy atom. The topological polar surface area (TPSA) is 52.6 Å². The Kier molecular flexibility index (Phi) is 5.37. The van der Waals surface area contributed by atoms with Gasteiger partial charge in [-0.3, -0.25) is 5.32 Å². The van der Waals surface area contributed by atoms with Gasteiger partial charge in [0.05, 0.1) is 0 Å². The molecular weight excluding hydrogens is 264 g/mol. The molecule has 0 amide bonds. The number of benzene rings is 1. The summed E-state index contributed by atoms with van der Waals surface area (Å²) in [5.74, 6) is -0.156. The highest BCUT2D eigenvalue weighted by Gasteiger charge is 2.41. The highest BCUT2D eigenvalue weighted by atomic mass is 16.4. The third-order valence-electron chi connectivity index (χ3n) is 4.31. The maximum atomic E-state index is 12.1. The summed E-state index contributed by atoms with van der Waals surface area (Å²) in [7, 11) is 0. The summed E-state index contributed by atoms with van der Waals surface area (Å²) in [5.41, 5.74) is -0.190. The number of hydrogen-bond donors (Lipinski definition) is 2. The van der Waals surface area contributed by atoms with Crippen LogP contribution in [0.5, 0.6) is 0 Å². The van der Waals surface area contributed by atoms with Crippen LogP contribution in [0.2, 0.25) is 0 Å². The van der Waals surface area contributed by atoms with Gasteiger partial charge in [0.1, 0.15) is 0 Å². The van der Waals surface area contributed by atoms with Crippen molar-refractivity contribution >= 4 is 5.97 Å². The van der Waals surface area contributed by atoms with Gasteiger partial charge in [-0.25, -0.2) is 4.79 Å². The number of carboxylic acids is 1. The van der Waals surface area contributed by atoms with E-state index in [-0.39, 0.29) is 0 Å². The van der Waals surface area contributed by atoms with E-state index in [1.54, 1.807) is 0 Å². The number of nitrogens with zero attached hydrogens (tertiary/aromatic N) is 1. The lowest BCUT2D eigenvalue weighted by Gasteiger charge is -2.39. The van der Waals surface area contributed by atoms with Crippen LogP contribution in [0.3, 0.4) is 0 Å². The van der Waals surface area contributed by atoms with Gasteiger partial charge in [-0.05, 0) is 37.4 Å². The normalized spacial score (nSPS) is 22.7. The van der Waals surface area contributed by atoms with Crippen molar-refractivity contribution in [2.24, 2.45) is 5.92 Å². The first-order valence-electron chi connectivity index (χ1n) is 7.85. The second-order valence-electron chi connectivity index (χ2n) is 6.09. The molecule has 4 nitrogen and oxygen atoms in total. The fraction of sp³-hybridized carbons (Fsp3) is 0.588. The van der Waals surface area contributed by atoms with Crippen molar-refractivity contribution in [1.82, 2.24) is 10.2 Å². The zero-order valence-electron chi connectivity index (χ0n) is 13.0. The van der Waals surface area contributed by atoms with Gasteiger partial charge in [-0.1, -0.05) is 44.2 Å². The molecule has 21 heavy (non-hydrogen) atoms. The number of carbonyl (C=O) groups is 1. The molecule has 0 bridgehead atoms. The van der Waals surface area contributed by atoms with Crippen LogP contribution in [-0.4, -0.2) is 42.2 Å². The van der Waals surface area contributed by atoms with E-state index in [2.05, 4.69) is 17.1 Å². The van der Waals surface area contributed by atoms with E-state index in [0.29, 0.717) is 19.0 Å². The van der Waals surface area contributed by atoms with Crippen LogP contribution in [0.15, 0.2) is 30.3 Å². The molecular formula is C17H26N2O2. The minimum atomic E-state index is -1.02. The van der Waals surface area contributed by atoms with Crippen molar-refractivity contribution in [3.05, 3.63) is 35.9 Å². The van der Waals surface area contributed by atoms with E-state index in [9.17, 15) is 9.90 Å². The van der Waals surface area contributed by atoms with Crippen molar-refractivity contribution in [2.75, 3.05) is 26.2 Å². The van der Waals surface area contributed by atoms with Crippen LogP contribution in [0, 0.1) is 5.92 Å². The monoisotopic (exact) mass is 290 g/mol. The molecule has 2 atom stereocenters. The predicted octanol–water partition coefficient (Wildman–Crippen LogP) is 2.31.